The molecule has 1 amide bonds. The van der Waals surface area contributed by atoms with Gasteiger partial charge in [-0.25, -0.2) is 0 Å². The number of carbonyl (C=O) groups is 1. The Balaban J connectivity index is 1.34. The van der Waals surface area contributed by atoms with E-state index in [1.807, 2.05) is 72.8 Å². The zero-order valence-electron chi connectivity index (χ0n) is 19.0. The third kappa shape index (κ3) is 4.14. The number of carbonyl (C=O) groups excluding carboxylic acids is 1. The summed E-state index contributed by atoms with van der Waals surface area (Å²) < 4.78 is 0. The summed E-state index contributed by atoms with van der Waals surface area (Å²) in [6.07, 6.45) is 0.910. The first-order valence-electron chi connectivity index (χ1n) is 11.8. The molecule has 0 radical (unpaired) electrons. The lowest BCUT2D eigenvalue weighted by molar-refractivity contribution is -0.123. The van der Waals surface area contributed by atoms with Crippen LogP contribution in [0.5, 0.6) is 0 Å². The van der Waals surface area contributed by atoms with Crippen LogP contribution in [0.2, 0.25) is 5.02 Å². The first-order chi connectivity index (χ1) is 16.5. The Kier molecular flexibility index (Phi) is 6.67. The van der Waals surface area contributed by atoms with Crippen molar-refractivity contribution in [3.8, 4) is 0 Å². The van der Waals surface area contributed by atoms with Crippen molar-refractivity contribution in [1.82, 2.24) is 9.80 Å². The Hall–Kier alpha value is -2.37. The summed E-state index contributed by atoms with van der Waals surface area (Å²) in [6, 6.07) is 26.0. The van der Waals surface area contributed by atoms with Crippen LogP contribution in [0.15, 0.2) is 78.9 Å². The Morgan fingerprint density at radius 2 is 1.62 bits per heavy atom. The van der Waals surface area contributed by atoms with Crippen molar-refractivity contribution in [3.63, 3.8) is 0 Å². The summed E-state index contributed by atoms with van der Waals surface area (Å²) in [5.41, 5.74) is 9.48. The van der Waals surface area contributed by atoms with Crippen molar-refractivity contribution in [2.45, 2.75) is 23.9 Å². The Labute approximate surface area is 211 Å². The molecule has 2 atom stereocenters. The fraction of sp³-hybridized carbons (Fsp3) is 0.321. The van der Waals surface area contributed by atoms with Crippen LogP contribution in [0.25, 0.3) is 0 Å². The molecule has 4 nitrogen and oxygen atoms in total. The maximum absolute atomic E-state index is 13.2. The highest BCUT2D eigenvalue weighted by Crippen LogP contribution is 2.44. The number of likely N-dealkylation sites (tertiary alicyclic amines) is 1. The van der Waals surface area contributed by atoms with E-state index in [1.54, 1.807) is 0 Å². The molecule has 0 bridgehead atoms. The first-order valence-corrected chi connectivity index (χ1v) is 12.6. The fourth-order valence-electron chi connectivity index (χ4n) is 5.80. The second-order valence-electron chi connectivity index (χ2n) is 9.34. The van der Waals surface area contributed by atoms with Gasteiger partial charge in [0.15, 0.2) is 0 Å². The maximum Gasteiger partial charge on any atom is 0.232 e. The van der Waals surface area contributed by atoms with E-state index >= 15 is 0 Å². The van der Waals surface area contributed by atoms with Crippen LogP contribution in [0.3, 0.4) is 0 Å². The van der Waals surface area contributed by atoms with Gasteiger partial charge in [0.2, 0.25) is 5.91 Å². The smallest absolute Gasteiger partial charge is 0.232 e. The van der Waals surface area contributed by atoms with Crippen molar-refractivity contribution >= 4 is 29.1 Å². The molecule has 0 aromatic heterocycles. The number of fused-ring (bicyclic) bond motifs is 1. The van der Waals surface area contributed by atoms with Gasteiger partial charge in [0.1, 0.15) is 10.9 Å². The molecule has 0 aliphatic carbocycles. The van der Waals surface area contributed by atoms with Crippen LogP contribution >= 0.6 is 23.2 Å². The topological polar surface area (TPSA) is 49.6 Å². The highest BCUT2D eigenvalue weighted by molar-refractivity contribution is 6.30. The zero-order valence-corrected chi connectivity index (χ0v) is 20.6. The standard InChI is InChI=1S/C28H29Cl2N3O/c29-24-12-11-20-18-33(26(30)25(20)17-24)16-15-32-14-13-23(19-32)28(27(31)34,21-7-3-1-4-8-21)22-9-5-2-6-10-22/h1-12,17,23,26H,13-16,18-19H2,(H2,31,34). The quantitative estimate of drug-likeness (QED) is 0.364. The Bertz CT molecular complexity index is 1120. The molecule has 3 aromatic carbocycles. The van der Waals surface area contributed by atoms with Gasteiger partial charge >= 0.3 is 0 Å². The second-order valence-corrected chi connectivity index (χ2v) is 10.2. The SMILES string of the molecule is NC(=O)C(c1ccccc1)(c1ccccc1)C1CCN(CCN2Cc3ccc(Cl)cc3C2Cl)C1. The number of primary amides is 1. The molecule has 2 unspecified atom stereocenters. The van der Waals surface area contributed by atoms with Gasteiger partial charge in [0.25, 0.3) is 0 Å². The molecule has 34 heavy (non-hydrogen) atoms. The molecular weight excluding hydrogens is 465 g/mol. The van der Waals surface area contributed by atoms with E-state index in [4.69, 9.17) is 28.9 Å². The molecule has 5 rings (SSSR count). The number of benzene rings is 3. The Morgan fingerprint density at radius 3 is 2.24 bits per heavy atom. The largest absolute Gasteiger partial charge is 0.369 e. The van der Waals surface area contributed by atoms with Gasteiger partial charge < -0.3 is 10.6 Å². The molecular formula is C28H29Cl2N3O. The number of nitrogens with zero attached hydrogens (tertiary/aromatic N) is 2. The van der Waals surface area contributed by atoms with Crippen LogP contribution < -0.4 is 5.73 Å². The number of alkyl halides is 1. The minimum absolute atomic E-state index is 0.0937. The van der Waals surface area contributed by atoms with E-state index < -0.39 is 5.41 Å². The lowest BCUT2D eigenvalue weighted by atomic mass is 9.64. The molecule has 6 heteroatoms. The number of amides is 1. The van der Waals surface area contributed by atoms with E-state index in [9.17, 15) is 4.79 Å². The molecule has 1 saturated heterocycles. The number of halogens is 2. The molecule has 0 spiro atoms. The molecule has 2 heterocycles. The lowest BCUT2D eigenvalue weighted by Crippen LogP contribution is -2.49. The van der Waals surface area contributed by atoms with Crippen molar-refractivity contribution in [2.75, 3.05) is 26.2 Å². The van der Waals surface area contributed by atoms with E-state index in [0.29, 0.717) is 0 Å². The van der Waals surface area contributed by atoms with Crippen molar-refractivity contribution in [3.05, 3.63) is 106 Å². The Morgan fingerprint density at radius 1 is 0.971 bits per heavy atom. The molecule has 176 valence electrons. The normalized spacial score (nSPS) is 21.0. The summed E-state index contributed by atoms with van der Waals surface area (Å²) in [7, 11) is 0. The van der Waals surface area contributed by atoms with Gasteiger partial charge in [-0.3, -0.25) is 9.69 Å². The number of hydrogen-bond donors (Lipinski definition) is 1. The highest BCUT2D eigenvalue weighted by Gasteiger charge is 2.49. The van der Waals surface area contributed by atoms with Crippen LogP contribution in [-0.4, -0.2) is 41.9 Å². The minimum Gasteiger partial charge on any atom is -0.369 e. The summed E-state index contributed by atoms with van der Waals surface area (Å²) in [6.45, 7) is 4.32. The van der Waals surface area contributed by atoms with Gasteiger partial charge in [0.05, 0.1) is 0 Å². The second kappa shape index (κ2) is 9.71. The van der Waals surface area contributed by atoms with Gasteiger partial charge in [-0.15, -0.1) is 11.6 Å². The number of rotatable bonds is 7. The molecule has 2 N–H and O–H groups in total. The van der Waals surface area contributed by atoms with Crippen LogP contribution in [0.1, 0.15) is 34.2 Å². The predicted octanol–water partition coefficient (Wildman–Crippen LogP) is 5.19. The van der Waals surface area contributed by atoms with E-state index in [2.05, 4.69) is 15.9 Å². The zero-order chi connectivity index (χ0) is 23.7. The van der Waals surface area contributed by atoms with Gasteiger partial charge in [-0.05, 0) is 53.3 Å². The summed E-state index contributed by atoms with van der Waals surface area (Å²) in [5, 5.41) is 0.721. The molecule has 0 saturated carbocycles. The van der Waals surface area contributed by atoms with Crippen molar-refractivity contribution in [1.29, 1.82) is 0 Å². The van der Waals surface area contributed by atoms with Crippen LogP contribution in [0, 0.1) is 5.92 Å². The highest BCUT2D eigenvalue weighted by atomic mass is 35.5. The maximum atomic E-state index is 13.2. The lowest BCUT2D eigenvalue weighted by Gasteiger charge is -2.37. The van der Waals surface area contributed by atoms with Gasteiger partial charge in [0, 0.05) is 31.2 Å². The summed E-state index contributed by atoms with van der Waals surface area (Å²) >= 11 is 12.9. The predicted molar refractivity (Wildman–Crippen MR) is 138 cm³/mol. The average Bonchev–Trinajstić information content (AvgIpc) is 3.44. The van der Waals surface area contributed by atoms with Crippen LogP contribution in [0.4, 0.5) is 0 Å². The average molecular weight is 494 g/mol. The molecule has 1 fully saturated rings. The molecule has 2 aliphatic rings. The minimum atomic E-state index is -0.854. The third-order valence-electron chi connectivity index (χ3n) is 7.49. The van der Waals surface area contributed by atoms with Crippen molar-refractivity contribution < 1.29 is 4.79 Å². The van der Waals surface area contributed by atoms with Crippen molar-refractivity contribution in [2.24, 2.45) is 11.7 Å². The van der Waals surface area contributed by atoms with E-state index in [1.165, 1.54) is 5.56 Å². The van der Waals surface area contributed by atoms with Gasteiger partial charge in [-0.2, -0.15) is 0 Å². The molecule has 3 aromatic rings. The van der Waals surface area contributed by atoms with Gasteiger partial charge in [-0.1, -0.05) is 78.3 Å². The third-order valence-corrected chi connectivity index (χ3v) is 8.24. The number of hydrogen-bond acceptors (Lipinski definition) is 3. The van der Waals surface area contributed by atoms with Crippen LogP contribution in [-0.2, 0) is 16.8 Å². The molecule has 2 aliphatic heterocycles. The summed E-state index contributed by atoms with van der Waals surface area (Å²) in [4.78, 5) is 18.0. The monoisotopic (exact) mass is 493 g/mol. The van der Waals surface area contributed by atoms with E-state index in [0.717, 1.165) is 60.9 Å². The van der Waals surface area contributed by atoms with E-state index in [-0.39, 0.29) is 17.3 Å². The fourth-order valence-corrected chi connectivity index (χ4v) is 6.35. The summed E-state index contributed by atoms with van der Waals surface area (Å²) in [5.74, 6) is -0.194. The number of nitrogens with two attached hydrogens (primary N) is 1. The first kappa shape index (κ1) is 23.4.